The lowest BCUT2D eigenvalue weighted by molar-refractivity contribution is -0.117. The summed E-state index contributed by atoms with van der Waals surface area (Å²) in [5.74, 6) is -1.74. The van der Waals surface area contributed by atoms with Gasteiger partial charge in [0.2, 0.25) is 5.91 Å². The topological polar surface area (TPSA) is 122 Å². The third kappa shape index (κ3) is 4.25. The number of carbonyl (C=O) groups excluding carboxylic acids is 2. The molecular weight excluding hydrogens is 318 g/mol. The van der Waals surface area contributed by atoms with Crippen molar-refractivity contribution < 1.29 is 19.5 Å². The first-order chi connectivity index (χ1) is 8.81. The van der Waals surface area contributed by atoms with E-state index in [0.717, 1.165) is 0 Å². The van der Waals surface area contributed by atoms with Crippen molar-refractivity contribution in [3.8, 4) is 0 Å². The molecule has 3 amide bonds. The van der Waals surface area contributed by atoms with Crippen LogP contribution in [0.15, 0.2) is 22.7 Å². The number of carboxylic acids is 1. The molecule has 5 N–H and O–H groups in total. The maximum Gasteiger partial charge on any atom is 0.337 e. The van der Waals surface area contributed by atoms with Gasteiger partial charge in [-0.25, -0.2) is 9.59 Å². The van der Waals surface area contributed by atoms with Crippen LogP contribution in [0, 0.1) is 0 Å². The van der Waals surface area contributed by atoms with E-state index >= 15 is 0 Å². The molecule has 1 unspecified atom stereocenters. The van der Waals surface area contributed by atoms with E-state index in [2.05, 4.69) is 26.6 Å². The summed E-state index contributed by atoms with van der Waals surface area (Å²) in [5.41, 5.74) is 4.97. The molecule has 1 atom stereocenters. The molecule has 0 saturated heterocycles. The highest BCUT2D eigenvalue weighted by atomic mass is 79.9. The average molecular weight is 330 g/mol. The molecule has 1 aromatic carbocycles. The van der Waals surface area contributed by atoms with E-state index in [1.807, 2.05) is 0 Å². The van der Waals surface area contributed by atoms with Crippen LogP contribution in [0.1, 0.15) is 17.3 Å². The molecule has 8 heteroatoms. The van der Waals surface area contributed by atoms with Gasteiger partial charge in [0, 0.05) is 4.47 Å². The van der Waals surface area contributed by atoms with Crippen molar-refractivity contribution in [3.63, 3.8) is 0 Å². The Kier molecular flexibility index (Phi) is 4.87. The van der Waals surface area contributed by atoms with E-state index in [9.17, 15) is 14.4 Å². The first-order valence-corrected chi connectivity index (χ1v) is 6.00. The predicted molar refractivity (Wildman–Crippen MR) is 71.9 cm³/mol. The smallest absolute Gasteiger partial charge is 0.337 e. The van der Waals surface area contributed by atoms with Gasteiger partial charge in [-0.1, -0.05) is 15.9 Å². The molecule has 0 saturated carbocycles. The molecule has 0 aliphatic heterocycles. The lowest BCUT2D eigenvalue weighted by atomic mass is 10.1. The number of rotatable bonds is 4. The quantitative estimate of drug-likeness (QED) is 0.661. The average Bonchev–Trinajstić information content (AvgIpc) is 2.30. The van der Waals surface area contributed by atoms with E-state index in [1.54, 1.807) is 6.07 Å². The van der Waals surface area contributed by atoms with Crippen molar-refractivity contribution in [1.82, 2.24) is 5.32 Å². The van der Waals surface area contributed by atoms with Gasteiger partial charge in [-0.15, -0.1) is 0 Å². The minimum absolute atomic E-state index is 0.0611. The third-order valence-electron chi connectivity index (χ3n) is 2.22. The van der Waals surface area contributed by atoms with Gasteiger partial charge in [0.15, 0.2) is 0 Å². The van der Waals surface area contributed by atoms with E-state index in [0.29, 0.717) is 4.47 Å². The Hall–Kier alpha value is -2.09. The van der Waals surface area contributed by atoms with E-state index in [4.69, 9.17) is 10.8 Å². The van der Waals surface area contributed by atoms with E-state index < -0.39 is 23.9 Å². The van der Waals surface area contributed by atoms with Crippen LogP contribution in [0.4, 0.5) is 10.5 Å². The molecule has 7 nitrogen and oxygen atoms in total. The molecule has 0 aromatic heterocycles. The fourth-order valence-corrected chi connectivity index (χ4v) is 1.68. The molecular formula is C11H12BrN3O4. The third-order valence-corrected chi connectivity index (χ3v) is 2.72. The Labute approximate surface area is 117 Å². The fraction of sp³-hybridized carbons (Fsp3) is 0.182. The fourth-order valence-electron chi connectivity index (χ4n) is 1.32. The van der Waals surface area contributed by atoms with Crippen LogP contribution >= 0.6 is 15.9 Å². The maximum atomic E-state index is 11.7. The van der Waals surface area contributed by atoms with Crippen molar-refractivity contribution in [1.29, 1.82) is 0 Å². The Morgan fingerprint density at radius 2 is 2.00 bits per heavy atom. The molecule has 102 valence electrons. The molecule has 0 fully saturated rings. The molecule has 1 rings (SSSR count). The van der Waals surface area contributed by atoms with Crippen molar-refractivity contribution in [3.05, 3.63) is 28.2 Å². The van der Waals surface area contributed by atoms with Crippen LogP contribution in [0.5, 0.6) is 0 Å². The highest BCUT2D eigenvalue weighted by Crippen LogP contribution is 2.21. The number of aromatic carboxylic acids is 1. The zero-order valence-electron chi connectivity index (χ0n) is 9.94. The lowest BCUT2D eigenvalue weighted by Gasteiger charge is -2.14. The van der Waals surface area contributed by atoms with Gasteiger partial charge in [0.1, 0.15) is 6.04 Å². The summed E-state index contributed by atoms with van der Waals surface area (Å²) >= 11 is 3.14. The van der Waals surface area contributed by atoms with Gasteiger partial charge < -0.3 is 21.5 Å². The summed E-state index contributed by atoms with van der Waals surface area (Å²) in [6, 6.07) is 2.69. The predicted octanol–water partition coefficient (Wildman–Crippen LogP) is 1.14. The molecule has 0 radical (unpaired) electrons. The molecule has 0 bridgehead atoms. The number of anilines is 1. The zero-order chi connectivity index (χ0) is 14.6. The number of carbonyl (C=O) groups is 3. The van der Waals surface area contributed by atoms with Gasteiger partial charge in [-0.3, -0.25) is 4.79 Å². The highest BCUT2D eigenvalue weighted by molar-refractivity contribution is 9.10. The summed E-state index contributed by atoms with van der Waals surface area (Å²) in [5, 5.41) is 13.6. The molecule has 19 heavy (non-hydrogen) atoms. The van der Waals surface area contributed by atoms with Crippen LogP contribution in [0.3, 0.4) is 0 Å². The van der Waals surface area contributed by atoms with Crippen molar-refractivity contribution in [2.45, 2.75) is 13.0 Å². The molecule has 1 aromatic rings. The summed E-state index contributed by atoms with van der Waals surface area (Å²) in [7, 11) is 0. The van der Waals surface area contributed by atoms with Gasteiger partial charge >= 0.3 is 12.0 Å². The summed E-state index contributed by atoms with van der Waals surface area (Å²) in [4.78, 5) is 33.4. The van der Waals surface area contributed by atoms with Crippen LogP contribution in [-0.2, 0) is 4.79 Å². The second-order valence-corrected chi connectivity index (χ2v) is 4.63. The van der Waals surface area contributed by atoms with Crippen molar-refractivity contribution >= 4 is 39.5 Å². The number of hydrogen-bond acceptors (Lipinski definition) is 3. The number of amides is 3. The van der Waals surface area contributed by atoms with Crippen LogP contribution < -0.4 is 16.4 Å². The number of nitrogens with two attached hydrogens (primary N) is 1. The first kappa shape index (κ1) is 15.0. The number of hydrogen-bond donors (Lipinski definition) is 4. The van der Waals surface area contributed by atoms with Crippen LogP contribution in [-0.4, -0.2) is 29.1 Å². The Bertz CT molecular complexity index is 533. The molecule has 0 aliphatic rings. The second-order valence-electron chi connectivity index (χ2n) is 3.71. The SMILES string of the molecule is CC(NC(N)=O)C(=O)Nc1ccc(Br)cc1C(=O)O. The minimum Gasteiger partial charge on any atom is -0.478 e. The van der Waals surface area contributed by atoms with Crippen molar-refractivity contribution in [2.75, 3.05) is 5.32 Å². The number of primary amides is 1. The number of halogens is 1. The zero-order valence-corrected chi connectivity index (χ0v) is 11.5. The second kappa shape index (κ2) is 6.19. The number of carboxylic acid groups (broad SMARTS) is 1. The van der Waals surface area contributed by atoms with Gasteiger partial charge in [0.05, 0.1) is 11.3 Å². The van der Waals surface area contributed by atoms with Crippen LogP contribution in [0.25, 0.3) is 0 Å². The summed E-state index contributed by atoms with van der Waals surface area (Å²) in [6.45, 7) is 1.43. The Morgan fingerprint density at radius 3 is 2.53 bits per heavy atom. The van der Waals surface area contributed by atoms with Gasteiger partial charge in [0.25, 0.3) is 0 Å². The largest absolute Gasteiger partial charge is 0.478 e. The molecule has 0 spiro atoms. The standard InChI is InChI=1S/C11H12BrN3O4/c1-5(14-11(13)19)9(16)15-8-3-2-6(12)4-7(8)10(17)18/h2-5H,1H3,(H,15,16)(H,17,18)(H3,13,14,19). The minimum atomic E-state index is -1.17. The van der Waals surface area contributed by atoms with E-state index in [-0.39, 0.29) is 11.3 Å². The first-order valence-electron chi connectivity index (χ1n) is 5.21. The summed E-state index contributed by atoms with van der Waals surface area (Å²) in [6.07, 6.45) is 0. The van der Waals surface area contributed by atoms with Gasteiger partial charge in [-0.05, 0) is 25.1 Å². The number of nitrogens with one attached hydrogen (secondary N) is 2. The lowest BCUT2D eigenvalue weighted by Crippen LogP contribution is -2.44. The molecule has 0 heterocycles. The van der Waals surface area contributed by atoms with E-state index in [1.165, 1.54) is 19.1 Å². The normalized spacial score (nSPS) is 11.5. The Morgan fingerprint density at radius 1 is 1.37 bits per heavy atom. The van der Waals surface area contributed by atoms with Crippen molar-refractivity contribution in [2.24, 2.45) is 5.73 Å². The number of benzene rings is 1. The number of urea groups is 1. The van der Waals surface area contributed by atoms with Gasteiger partial charge in [-0.2, -0.15) is 0 Å². The Balaban J connectivity index is 2.90. The summed E-state index contributed by atoms with van der Waals surface area (Å²) < 4.78 is 0.575. The monoisotopic (exact) mass is 329 g/mol. The highest BCUT2D eigenvalue weighted by Gasteiger charge is 2.17. The molecule has 0 aliphatic carbocycles. The maximum absolute atomic E-state index is 11.7. The van der Waals surface area contributed by atoms with Crippen LogP contribution in [0.2, 0.25) is 0 Å².